The lowest BCUT2D eigenvalue weighted by molar-refractivity contribution is -0.154. The second-order valence-electron chi connectivity index (χ2n) is 16.2. The molecule has 0 aromatic heterocycles. The molecule has 0 saturated carbocycles. The highest BCUT2D eigenvalue weighted by molar-refractivity contribution is 5.69. The number of unbranched alkanes of at least 4 members (excludes halogenated alkanes) is 35. The molecule has 1 unspecified atom stereocenters. The zero-order valence-electron chi connectivity index (χ0n) is 35.6. The van der Waals surface area contributed by atoms with Crippen molar-refractivity contribution >= 4 is 5.97 Å². The molecule has 0 aromatic rings. The number of carbonyl (C=O) groups is 1. The van der Waals surface area contributed by atoms with E-state index in [2.05, 4.69) is 26.0 Å². The van der Waals surface area contributed by atoms with Crippen molar-refractivity contribution in [3.63, 3.8) is 0 Å². The predicted molar refractivity (Wildman–Crippen MR) is 228 cm³/mol. The lowest BCUT2D eigenvalue weighted by atomic mass is 10.0. The third kappa shape index (κ3) is 43.5. The first-order valence-corrected chi connectivity index (χ1v) is 23.8. The summed E-state index contributed by atoms with van der Waals surface area (Å²) >= 11 is 0. The van der Waals surface area contributed by atoms with Crippen molar-refractivity contribution in [2.24, 2.45) is 0 Å². The fraction of sp³-hybridized carbons (Fsp3) is 0.938. The molecule has 0 rings (SSSR count). The van der Waals surface area contributed by atoms with E-state index in [1.807, 2.05) is 0 Å². The second kappa shape index (κ2) is 46.3. The Balaban J connectivity index is 3.36. The second-order valence-corrected chi connectivity index (χ2v) is 16.2. The Morgan fingerprint density at radius 2 is 0.750 bits per heavy atom. The first-order chi connectivity index (χ1) is 25.7. The molecule has 0 fully saturated rings. The van der Waals surface area contributed by atoms with Crippen LogP contribution in [-0.2, 0) is 14.3 Å². The molecule has 0 aliphatic carbocycles. The molecule has 0 spiro atoms. The van der Waals surface area contributed by atoms with Gasteiger partial charge < -0.3 is 14.6 Å². The zero-order valence-corrected chi connectivity index (χ0v) is 35.6. The lowest BCUT2D eigenvalue weighted by Crippen LogP contribution is -2.27. The molecule has 4 nitrogen and oxygen atoms in total. The number of aliphatic hydroxyl groups is 1. The zero-order chi connectivity index (χ0) is 37.7. The van der Waals surface area contributed by atoms with Crippen LogP contribution in [-0.4, -0.2) is 37.0 Å². The number of allylic oxidation sites excluding steroid dienone is 2. The van der Waals surface area contributed by atoms with Crippen LogP contribution in [0.4, 0.5) is 0 Å². The van der Waals surface area contributed by atoms with Crippen molar-refractivity contribution in [2.75, 3.05) is 19.8 Å². The van der Waals surface area contributed by atoms with Crippen LogP contribution in [0.1, 0.15) is 264 Å². The average Bonchev–Trinajstić information content (AvgIpc) is 3.15. The molecule has 1 N–H and O–H groups in total. The lowest BCUT2D eigenvalue weighted by Gasteiger charge is -2.16. The van der Waals surface area contributed by atoms with Crippen LogP contribution in [0.2, 0.25) is 0 Å². The SMILES string of the molecule is CCCCCCCC/C=C\CCCCCCCCCCOCC(CO)OC(=O)CCCCCCCCCCCCCCCCCCCCCCCC. The molecule has 0 amide bonds. The van der Waals surface area contributed by atoms with Crippen molar-refractivity contribution in [3.8, 4) is 0 Å². The third-order valence-corrected chi connectivity index (χ3v) is 10.8. The molecule has 0 radical (unpaired) electrons. The van der Waals surface area contributed by atoms with Gasteiger partial charge in [-0.2, -0.15) is 0 Å². The van der Waals surface area contributed by atoms with E-state index in [-0.39, 0.29) is 12.6 Å². The number of rotatable bonds is 45. The van der Waals surface area contributed by atoms with Crippen LogP contribution in [0.5, 0.6) is 0 Å². The van der Waals surface area contributed by atoms with E-state index in [1.165, 1.54) is 225 Å². The van der Waals surface area contributed by atoms with Crippen LogP contribution in [0, 0.1) is 0 Å². The minimum absolute atomic E-state index is 0.167. The topological polar surface area (TPSA) is 55.8 Å². The van der Waals surface area contributed by atoms with Gasteiger partial charge in [0.15, 0.2) is 0 Å². The molecule has 0 heterocycles. The van der Waals surface area contributed by atoms with Crippen LogP contribution >= 0.6 is 0 Å². The van der Waals surface area contributed by atoms with Crippen molar-refractivity contribution in [1.29, 1.82) is 0 Å². The molecule has 0 bridgehead atoms. The first kappa shape index (κ1) is 51.1. The summed E-state index contributed by atoms with van der Waals surface area (Å²) in [6.45, 7) is 5.39. The number of esters is 1. The van der Waals surface area contributed by atoms with Crippen LogP contribution < -0.4 is 0 Å². The largest absolute Gasteiger partial charge is 0.457 e. The molecule has 0 aliphatic heterocycles. The maximum atomic E-state index is 12.2. The van der Waals surface area contributed by atoms with Gasteiger partial charge in [0, 0.05) is 13.0 Å². The molecule has 310 valence electrons. The van der Waals surface area contributed by atoms with Gasteiger partial charge in [0.1, 0.15) is 6.10 Å². The molecule has 0 saturated heterocycles. The van der Waals surface area contributed by atoms with Gasteiger partial charge in [0.05, 0.1) is 13.2 Å². The fourth-order valence-corrected chi connectivity index (χ4v) is 7.27. The number of hydrogen-bond acceptors (Lipinski definition) is 4. The molecule has 0 aromatic carbocycles. The highest BCUT2D eigenvalue weighted by Gasteiger charge is 2.13. The van der Waals surface area contributed by atoms with Gasteiger partial charge in [-0.05, 0) is 38.5 Å². The fourth-order valence-electron chi connectivity index (χ4n) is 7.27. The highest BCUT2D eigenvalue weighted by atomic mass is 16.6. The van der Waals surface area contributed by atoms with E-state index in [9.17, 15) is 9.90 Å². The summed E-state index contributed by atoms with van der Waals surface area (Å²) in [4.78, 5) is 12.2. The Morgan fingerprint density at radius 3 is 1.10 bits per heavy atom. The van der Waals surface area contributed by atoms with Gasteiger partial charge in [-0.15, -0.1) is 0 Å². The number of ether oxygens (including phenoxy) is 2. The van der Waals surface area contributed by atoms with E-state index in [0.717, 1.165) is 19.3 Å². The van der Waals surface area contributed by atoms with E-state index in [4.69, 9.17) is 9.47 Å². The van der Waals surface area contributed by atoms with E-state index >= 15 is 0 Å². The minimum atomic E-state index is -0.530. The minimum Gasteiger partial charge on any atom is -0.457 e. The standard InChI is InChI=1S/C48H94O4/c1-3-5-7-9-11-13-15-17-19-21-23-24-25-26-27-29-31-33-35-37-39-41-43-48(50)52-47(45-49)46-51-44-42-40-38-36-34-32-30-28-22-20-18-16-14-12-10-8-6-4-2/h18,20,47,49H,3-17,19,21-46H2,1-2H3/b20-18-. The number of carbonyl (C=O) groups excluding carboxylic acids is 1. The van der Waals surface area contributed by atoms with Crippen molar-refractivity contribution in [2.45, 2.75) is 270 Å². The monoisotopic (exact) mass is 735 g/mol. The molecule has 4 heteroatoms. The summed E-state index contributed by atoms with van der Waals surface area (Å²) in [5, 5.41) is 9.62. The van der Waals surface area contributed by atoms with Gasteiger partial charge in [0.2, 0.25) is 0 Å². The Labute approximate surface area is 326 Å². The molecule has 1 atom stereocenters. The molecular weight excluding hydrogens is 641 g/mol. The van der Waals surface area contributed by atoms with Gasteiger partial charge in [-0.1, -0.05) is 231 Å². The molecule has 0 aliphatic rings. The summed E-state index contributed by atoms with van der Waals surface area (Å²) in [6.07, 6.45) is 55.7. The quantitative estimate of drug-likeness (QED) is 0.0384. The summed E-state index contributed by atoms with van der Waals surface area (Å²) in [5.74, 6) is -0.194. The summed E-state index contributed by atoms with van der Waals surface area (Å²) in [6, 6.07) is 0. The smallest absolute Gasteiger partial charge is 0.306 e. The van der Waals surface area contributed by atoms with Crippen LogP contribution in [0.15, 0.2) is 12.2 Å². The number of aliphatic hydroxyl groups excluding tert-OH is 1. The van der Waals surface area contributed by atoms with E-state index in [1.54, 1.807) is 0 Å². The van der Waals surface area contributed by atoms with Crippen molar-refractivity contribution in [1.82, 2.24) is 0 Å². The van der Waals surface area contributed by atoms with E-state index < -0.39 is 6.10 Å². The Hall–Kier alpha value is -0.870. The van der Waals surface area contributed by atoms with Crippen LogP contribution in [0.3, 0.4) is 0 Å². The summed E-state index contributed by atoms with van der Waals surface area (Å²) < 4.78 is 11.2. The maximum Gasteiger partial charge on any atom is 0.306 e. The van der Waals surface area contributed by atoms with Gasteiger partial charge >= 0.3 is 5.97 Å². The Bertz CT molecular complexity index is 692. The first-order valence-electron chi connectivity index (χ1n) is 23.8. The maximum absolute atomic E-state index is 12.2. The van der Waals surface area contributed by atoms with Gasteiger partial charge in [-0.3, -0.25) is 4.79 Å². The van der Waals surface area contributed by atoms with E-state index in [0.29, 0.717) is 19.6 Å². The third-order valence-electron chi connectivity index (χ3n) is 10.8. The van der Waals surface area contributed by atoms with Gasteiger partial charge in [0.25, 0.3) is 0 Å². The van der Waals surface area contributed by atoms with Crippen molar-refractivity contribution < 1.29 is 19.4 Å². The van der Waals surface area contributed by atoms with Crippen LogP contribution in [0.25, 0.3) is 0 Å². The normalized spacial score (nSPS) is 12.3. The Kier molecular flexibility index (Phi) is 45.5. The molecular formula is C48H94O4. The highest BCUT2D eigenvalue weighted by Crippen LogP contribution is 2.16. The summed E-state index contributed by atoms with van der Waals surface area (Å²) in [7, 11) is 0. The number of hydrogen-bond donors (Lipinski definition) is 1. The molecule has 52 heavy (non-hydrogen) atoms. The predicted octanol–water partition coefficient (Wildman–Crippen LogP) is 15.7. The average molecular weight is 735 g/mol. The van der Waals surface area contributed by atoms with Gasteiger partial charge in [-0.25, -0.2) is 0 Å². The Morgan fingerprint density at radius 1 is 0.442 bits per heavy atom. The summed E-state index contributed by atoms with van der Waals surface area (Å²) in [5.41, 5.74) is 0. The van der Waals surface area contributed by atoms with Crippen molar-refractivity contribution in [3.05, 3.63) is 12.2 Å².